The molecule has 0 radical (unpaired) electrons. The van der Waals surface area contributed by atoms with Crippen LogP contribution in [0.2, 0.25) is 0 Å². The number of aryl methyl sites for hydroxylation is 2. The van der Waals surface area contributed by atoms with E-state index >= 15 is 0 Å². The molecule has 1 heterocycles. The average molecular weight is 384 g/mol. The molecule has 3 aliphatic rings. The summed E-state index contributed by atoms with van der Waals surface area (Å²) >= 11 is 0. The monoisotopic (exact) mass is 384 g/mol. The van der Waals surface area contributed by atoms with Crippen LogP contribution in [-0.4, -0.2) is 21.6 Å². The Hall–Kier alpha value is -1.69. The maximum absolute atomic E-state index is 11.9. The zero-order valence-electron chi connectivity index (χ0n) is 15.6. The molecule has 0 bridgehead atoms. The van der Waals surface area contributed by atoms with Gasteiger partial charge in [0.2, 0.25) is 0 Å². The summed E-state index contributed by atoms with van der Waals surface area (Å²) in [6.45, 7) is 4.59. The molecular weight excluding hydrogens is 360 g/mol. The van der Waals surface area contributed by atoms with Crippen molar-refractivity contribution in [2.45, 2.75) is 37.5 Å². The molecule has 0 spiro atoms. The molecule has 142 valence electrons. The van der Waals surface area contributed by atoms with Gasteiger partial charge >= 0.3 is 10.4 Å². The third-order valence-electron chi connectivity index (χ3n) is 7.38. The van der Waals surface area contributed by atoms with E-state index in [0.29, 0.717) is 0 Å². The van der Waals surface area contributed by atoms with Gasteiger partial charge in [-0.3, -0.25) is 0 Å². The zero-order chi connectivity index (χ0) is 18.9. The summed E-state index contributed by atoms with van der Waals surface area (Å²) in [7, 11) is -3.90. The van der Waals surface area contributed by atoms with Gasteiger partial charge in [-0.25, -0.2) is 8.37 Å². The molecule has 2 saturated carbocycles. The van der Waals surface area contributed by atoms with Crippen LogP contribution in [-0.2, 0) is 29.6 Å². The van der Waals surface area contributed by atoms with Crippen molar-refractivity contribution in [1.82, 2.24) is 0 Å². The van der Waals surface area contributed by atoms with Crippen LogP contribution in [0, 0.1) is 25.7 Å². The summed E-state index contributed by atoms with van der Waals surface area (Å²) < 4.78 is 34.3. The first kappa shape index (κ1) is 17.4. The molecule has 2 aromatic carbocycles. The van der Waals surface area contributed by atoms with Gasteiger partial charge in [0.05, 0.1) is 13.2 Å². The SMILES string of the molecule is Cc1ccc([C@]23CC[C@@]2(c2ccc(C)cc2)[C@@H]2COS(=O)(=O)OC[C@@H]23)cc1. The van der Waals surface area contributed by atoms with Crippen LogP contribution in [0.1, 0.15) is 35.1 Å². The minimum atomic E-state index is -3.90. The molecule has 0 unspecified atom stereocenters. The Kier molecular flexibility index (Phi) is 3.65. The molecule has 27 heavy (non-hydrogen) atoms. The Morgan fingerprint density at radius 3 is 1.44 bits per heavy atom. The van der Waals surface area contributed by atoms with Crippen molar-refractivity contribution in [2.75, 3.05) is 13.2 Å². The van der Waals surface area contributed by atoms with Gasteiger partial charge in [-0.2, -0.15) is 8.42 Å². The second kappa shape index (κ2) is 5.66. The van der Waals surface area contributed by atoms with Gasteiger partial charge in [-0.05, 0) is 37.8 Å². The minimum absolute atomic E-state index is 0.0795. The van der Waals surface area contributed by atoms with Crippen molar-refractivity contribution in [3.63, 3.8) is 0 Å². The zero-order valence-corrected chi connectivity index (χ0v) is 16.5. The number of fused-ring (bicyclic) bond motifs is 4. The lowest BCUT2D eigenvalue weighted by molar-refractivity contribution is -0.184. The smallest absolute Gasteiger partial charge is 0.248 e. The maximum atomic E-state index is 11.9. The van der Waals surface area contributed by atoms with Crippen LogP contribution in [0.25, 0.3) is 0 Å². The lowest BCUT2D eigenvalue weighted by atomic mass is 9.26. The topological polar surface area (TPSA) is 52.6 Å². The first-order chi connectivity index (χ1) is 12.9. The molecule has 3 fully saturated rings. The fourth-order valence-electron chi connectivity index (χ4n) is 6.08. The van der Waals surface area contributed by atoms with Gasteiger partial charge in [0.15, 0.2) is 0 Å². The molecule has 2 aromatic rings. The Morgan fingerprint density at radius 2 is 1.11 bits per heavy atom. The highest BCUT2D eigenvalue weighted by atomic mass is 32.3. The van der Waals surface area contributed by atoms with Crippen molar-refractivity contribution in [2.24, 2.45) is 11.8 Å². The molecule has 0 amide bonds. The van der Waals surface area contributed by atoms with Crippen molar-refractivity contribution in [3.8, 4) is 0 Å². The normalized spacial score (nSPS) is 36.5. The standard InChI is InChI=1S/C22H24O4S/c1-15-3-7-17(8-4-15)21-11-12-22(21,18-9-5-16(2)6-10-18)20-14-26-27(23,24)25-13-19(20)21/h3-10,19-20H,11-14H2,1-2H3/t19-,20+,21-,22+. The summed E-state index contributed by atoms with van der Waals surface area (Å²) in [6.07, 6.45) is 2.10. The van der Waals surface area contributed by atoms with Gasteiger partial charge in [-0.1, -0.05) is 59.7 Å². The first-order valence-electron chi connectivity index (χ1n) is 9.57. The Labute approximate surface area is 160 Å². The van der Waals surface area contributed by atoms with E-state index in [4.69, 9.17) is 8.37 Å². The number of hydrogen-bond acceptors (Lipinski definition) is 4. The lowest BCUT2D eigenvalue weighted by Crippen LogP contribution is -2.78. The number of rotatable bonds is 2. The molecule has 0 aromatic heterocycles. The van der Waals surface area contributed by atoms with Gasteiger partial charge in [0, 0.05) is 22.7 Å². The first-order valence-corrected chi connectivity index (χ1v) is 10.9. The van der Waals surface area contributed by atoms with Crippen LogP contribution in [0.5, 0.6) is 0 Å². The Balaban J connectivity index is 1.67. The number of benzene rings is 2. The van der Waals surface area contributed by atoms with Crippen molar-refractivity contribution in [3.05, 3.63) is 70.8 Å². The predicted octanol–water partition coefficient (Wildman–Crippen LogP) is 3.81. The van der Waals surface area contributed by atoms with Crippen LogP contribution in [0.4, 0.5) is 0 Å². The van der Waals surface area contributed by atoms with Crippen LogP contribution in [0.15, 0.2) is 48.5 Å². The van der Waals surface area contributed by atoms with E-state index in [1.54, 1.807) is 0 Å². The number of hydrogen-bond donors (Lipinski definition) is 0. The summed E-state index contributed by atoms with van der Waals surface area (Å²) in [5.74, 6) is 0.292. The van der Waals surface area contributed by atoms with E-state index in [0.717, 1.165) is 12.8 Å². The van der Waals surface area contributed by atoms with Gasteiger partial charge < -0.3 is 0 Å². The van der Waals surface area contributed by atoms with Crippen molar-refractivity contribution in [1.29, 1.82) is 0 Å². The van der Waals surface area contributed by atoms with E-state index in [-0.39, 0.29) is 35.9 Å². The maximum Gasteiger partial charge on any atom is 0.399 e. The Morgan fingerprint density at radius 1 is 0.741 bits per heavy atom. The Bertz CT molecular complexity index is 904. The van der Waals surface area contributed by atoms with Gasteiger partial charge in [-0.15, -0.1) is 0 Å². The third-order valence-corrected chi connectivity index (χ3v) is 8.23. The van der Waals surface area contributed by atoms with Gasteiger partial charge in [0.1, 0.15) is 0 Å². The molecule has 2 aliphatic carbocycles. The van der Waals surface area contributed by atoms with Crippen LogP contribution >= 0.6 is 0 Å². The summed E-state index contributed by atoms with van der Waals surface area (Å²) in [4.78, 5) is 0. The fraction of sp³-hybridized carbons (Fsp3) is 0.455. The summed E-state index contributed by atoms with van der Waals surface area (Å²) in [5.41, 5.74) is 4.89. The highest BCUT2D eigenvalue weighted by Gasteiger charge is 2.77. The second-order valence-corrected chi connectivity index (χ2v) is 9.65. The second-order valence-electron chi connectivity index (χ2n) is 8.37. The third kappa shape index (κ3) is 2.19. The molecule has 5 rings (SSSR count). The van der Waals surface area contributed by atoms with E-state index in [1.807, 2.05) is 0 Å². The summed E-state index contributed by atoms with van der Waals surface area (Å²) in [6, 6.07) is 17.5. The minimum Gasteiger partial charge on any atom is -0.248 e. The highest BCUT2D eigenvalue weighted by molar-refractivity contribution is 7.81. The predicted molar refractivity (Wildman–Crippen MR) is 103 cm³/mol. The molecular formula is C22H24O4S. The van der Waals surface area contributed by atoms with Crippen molar-refractivity contribution < 1.29 is 16.8 Å². The quantitative estimate of drug-likeness (QED) is 0.790. The van der Waals surface area contributed by atoms with E-state index < -0.39 is 10.4 Å². The molecule has 0 N–H and O–H groups in total. The largest absolute Gasteiger partial charge is 0.399 e. The highest BCUT2D eigenvalue weighted by Crippen LogP contribution is 2.77. The fourth-order valence-corrected chi connectivity index (χ4v) is 6.78. The lowest BCUT2D eigenvalue weighted by Gasteiger charge is -2.76. The van der Waals surface area contributed by atoms with E-state index in [1.165, 1.54) is 22.3 Å². The van der Waals surface area contributed by atoms with E-state index in [2.05, 4.69) is 62.4 Å². The molecule has 1 saturated heterocycles. The molecule has 1 aliphatic heterocycles. The van der Waals surface area contributed by atoms with Crippen molar-refractivity contribution >= 4 is 10.4 Å². The van der Waals surface area contributed by atoms with Crippen LogP contribution in [0.3, 0.4) is 0 Å². The molecule has 4 atom stereocenters. The van der Waals surface area contributed by atoms with E-state index in [9.17, 15) is 8.42 Å². The summed E-state index contributed by atoms with van der Waals surface area (Å²) in [5, 5.41) is 0. The average Bonchev–Trinajstić information content (AvgIpc) is 2.77. The molecule has 5 heteroatoms. The van der Waals surface area contributed by atoms with Gasteiger partial charge in [0.25, 0.3) is 0 Å². The molecule has 4 nitrogen and oxygen atoms in total. The van der Waals surface area contributed by atoms with Crippen LogP contribution < -0.4 is 0 Å².